The normalized spacial score (nSPS) is 12.7. The lowest BCUT2D eigenvalue weighted by molar-refractivity contribution is 0.179. The predicted octanol–water partition coefficient (Wildman–Crippen LogP) is 1.52. The number of rotatable bonds is 8. The van der Waals surface area contributed by atoms with Gasteiger partial charge in [0, 0.05) is 32.7 Å². The summed E-state index contributed by atoms with van der Waals surface area (Å²) < 4.78 is 10.2. The van der Waals surface area contributed by atoms with Crippen LogP contribution in [0.3, 0.4) is 0 Å². The zero-order chi connectivity index (χ0) is 14.8. The van der Waals surface area contributed by atoms with Gasteiger partial charge in [-0.2, -0.15) is 4.98 Å². The first-order chi connectivity index (χ1) is 9.65. The average molecular weight is 411 g/mol. The molecule has 1 rings (SSSR count). The van der Waals surface area contributed by atoms with E-state index in [1.807, 2.05) is 13.8 Å². The SMILES string of the molecule is CCNC(=NCCCc1nc(C)no1)NC(C)COC.I. The molecule has 0 amide bonds. The van der Waals surface area contributed by atoms with E-state index in [0.717, 1.165) is 25.3 Å². The standard InChI is InChI=1S/C13H25N5O2.HI/c1-5-14-13(16-10(2)9-19-4)15-8-6-7-12-17-11(3)18-20-12;/h10H,5-9H2,1-4H3,(H2,14,15,16);1H. The predicted molar refractivity (Wildman–Crippen MR) is 93.2 cm³/mol. The number of hydrogen-bond donors (Lipinski definition) is 2. The molecule has 122 valence electrons. The fourth-order valence-electron chi connectivity index (χ4n) is 1.71. The van der Waals surface area contributed by atoms with Gasteiger partial charge in [0.25, 0.3) is 0 Å². The number of methoxy groups -OCH3 is 1. The molecule has 2 N–H and O–H groups in total. The monoisotopic (exact) mass is 411 g/mol. The van der Waals surface area contributed by atoms with Crippen molar-refractivity contribution in [1.29, 1.82) is 0 Å². The van der Waals surface area contributed by atoms with Crippen LogP contribution in [0.15, 0.2) is 9.52 Å². The minimum Gasteiger partial charge on any atom is -0.383 e. The second-order valence-electron chi connectivity index (χ2n) is 4.60. The van der Waals surface area contributed by atoms with Crippen molar-refractivity contribution < 1.29 is 9.26 Å². The highest BCUT2D eigenvalue weighted by Crippen LogP contribution is 2.00. The highest BCUT2D eigenvalue weighted by Gasteiger charge is 2.05. The topological polar surface area (TPSA) is 84.6 Å². The van der Waals surface area contributed by atoms with Crippen LogP contribution in [0, 0.1) is 6.92 Å². The molecule has 1 atom stereocenters. The van der Waals surface area contributed by atoms with Crippen LogP contribution in [-0.2, 0) is 11.2 Å². The number of halogens is 1. The molecule has 1 aromatic rings. The summed E-state index contributed by atoms with van der Waals surface area (Å²) in [5.74, 6) is 2.15. The zero-order valence-corrected chi connectivity index (χ0v) is 15.5. The second-order valence-corrected chi connectivity index (χ2v) is 4.60. The van der Waals surface area contributed by atoms with Crippen LogP contribution in [-0.4, -0.2) is 48.9 Å². The molecular formula is C13H26IN5O2. The first-order valence-corrected chi connectivity index (χ1v) is 6.98. The number of aryl methyl sites for hydroxylation is 2. The second kappa shape index (κ2) is 11.7. The van der Waals surface area contributed by atoms with Crippen molar-refractivity contribution in [3.63, 3.8) is 0 Å². The van der Waals surface area contributed by atoms with Crippen molar-refractivity contribution in [2.24, 2.45) is 4.99 Å². The van der Waals surface area contributed by atoms with Crippen LogP contribution < -0.4 is 10.6 Å². The van der Waals surface area contributed by atoms with E-state index >= 15 is 0 Å². The van der Waals surface area contributed by atoms with Crippen molar-refractivity contribution in [2.75, 3.05) is 26.8 Å². The molecule has 0 saturated heterocycles. The van der Waals surface area contributed by atoms with E-state index < -0.39 is 0 Å². The summed E-state index contributed by atoms with van der Waals surface area (Å²) in [6, 6.07) is 0.219. The third-order valence-electron chi connectivity index (χ3n) is 2.53. The number of guanidine groups is 1. The third-order valence-corrected chi connectivity index (χ3v) is 2.53. The van der Waals surface area contributed by atoms with Gasteiger partial charge in [-0.1, -0.05) is 5.16 Å². The Morgan fingerprint density at radius 1 is 1.48 bits per heavy atom. The first kappa shape index (κ1) is 20.1. The number of nitrogens with zero attached hydrogens (tertiary/aromatic N) is 3. The Bertz CT molecular complexity index is 411. The number of hydrogen-bond acceptors (Lipinski definition) is 5. The van der Waals surface area contributed by atoms with Crippen LogP contribution in [0.4, 0.5) is 0 Å². The molecule has 0 aromatic carbocycles. The minimum absolute atomic E-state index is 0. The number of aromatic nitrogens is 2. The van der Waals surface area contributed by atoms with E-state index in [-0.39, 0.29) is 30.0 Å². The fraction of sp³-hybridized carbons (Fsp3) is 0.769. The maximum absolute atomic E-state index is 5.10. The van der Waals surface area contributed by atoms with Gasteiger partial charge in [-0.05, 0) is 27.2 Å². The van der Waals surface area contributed by atoms with Crippen molar-refractivity contribution in [3.05, 3.63) is 11.7 Å². The molecule has 21 heavy (non-hydrogen) atoms. The van der Waals surface area contributed by atoms with E-state index in [9.17, 15) is 0 Å². The maximum atomic E-state index is 5.10. The maximum Gasteiger partial charge on any atom is 0.226 e. The molecule has 0 bridgehead atoms. The lowest BCUT2D eigenvalue weighted by atomic mass is 10.3. The van der Waals surface area contributed by atoms with Gasteiger partial charge >= 0.3 is 0 Å². The van der Waals surface area contributed by atoms with Gasteiger partial charge in [-0.25, -0.2) is 0 Å². The molecular weight excluding hydrogens is 385 g/mol. The van der Waals surface area contributed by atoms with Crippen molar-refractivity contribution in [1.82, 2.24) is 20.8 Å². The molecule has 0 saturated carbocycles. The molecule has 0 fully saturated rings. The fourth-order valence-corrected chi connectivity index (χ4v) is 1.71. The van der Waals surface area contributed by atoms with E-state index in [0.29, 0.717) is 24.9 Å². The summed E-state index contributed by atoms with van der Waals surface area (Å²) in [5.41, 5.74) is 0. The van der Waals surface area contributed by atoms with Gasteiger partial charge in [0.2, 0.25) is 5.89 Å². The number of ether oxygens (including phenoxy) is 1. The van der Waals surface area contributed by atoms with Gasteiger partial charge < -0.3 is 19.9 Å². The lowest BCUT2D eigenvalue weighted by Crippen LogP contribution is -2.44. The molecule has 1 heterocycles. The average Bonchev–Trinajstić information content (AvgIpc) is 2.81. The van der Waals surface area contributed by atoms with E-state index in [4.69, 9.17) is 9.26 Å². The highest BCUT2D eigenvalue weighted by molar-refractivity contribution is 14.0. The summed E-state index contributed by atoms with van der Waals surface area (Å²) in [5, 5.41) is 10.2. The molecule has 0 spiro atoms. The van der Waals surface area contributed by atoms with E-state index in [1.165, 1.54) is 0 Å². The Kier molecular flexibility index (Phi) is 11.2. The largest absolute Gasteiger partial charge is 0.383 e. The van der Waals surface area contributed by atoms with E-state index in [1.54, 1.807) is 7.11 Å². The molecule has 0 aliphatic carbocycles. The molecule has 1 unspecified atom stereocenters. The van der Waals surface area contributed by atoms with Crippen LogP contribution in [0.1, 0.15) is 32.0 Å². The quantitative estimate of drug-likeness (QED) is 0.292. The minimum atomic E-state index is 0. The Labute approximate surface area is 143 Å². The number of nitrogens with one attached hydrogen (secondary N) is 2. The van der Waals surface area contributed by atoms with Gasteiger partial charge in [0.05, 0.1) is 6.61 Å². The molecule has 0 aliphatic heterocycles. The lowest BCUT2D eigenvalue weighted by Gasteiger charge is -2.16. The summed E-state index contributed by atoms with van der Waals surface area (Å²) >= 11 is 0. The zero-order valence-electron chi connectivity index (χ0n) is 13.2. The van der Waals surface area contributed by atoms with Gasteiger partial charge in [-0.3, -0.25) is 4.99 Å². The van der Waals surface area contributed by atoms with Gasteiger partial charge in [0.15, 0.2) is 11.8 Å². The van der Waals surface area contributed by atoms with Gasteiger partial charge in [-0.15, -0.1) is 24.0 Å². The van der Waals surface area contributed by atoms with Crippen LogP contribution in [0.25, 0.3) is 0 Å². The van der Waals surface area contributed by atoms with Crippen LogP contribution in [0.2, 0.25) is 0 Å². The number of aliphatic imine (C=N–C) groups is 1. The van der Waals surface area contributed by atoms with Crippen LogP contribution >= 0.6 is 24.0 Å². The highest BCUT2D eigenvalue weighted by atomic mass is 127. The Balaban J connectivity index is 0.00000400. The summed E-state index contributed by atoms with van der Waals surface area (Å²) in [6.07, 6.45) is 1.62. The third kappa shape index (κ3) is 8.86. The molecule has 0 aliphatic rings. The van der Waals surface area contributed by atoms with Crippen molar-refractivity contribution >= 4 is 29.9 Å². The molecule has 0 radical (unpaired) electrons. The Morgan fingerprint density at radius 2 is 2.24 bits per heavy atom. The summed E-state index contributed by atoms with van der Waals surface area (Å²) in [6.45, 7) is 8.09. The molecule has 8 heteroatoms. The summed E-state index contributed by atoms with van der Waals surface area (Å²) in [7, 11) is 1.69. The van der Waals surface area contributed by atoms with Crippen molar-refractivity contribution in [2.45, 2.75) is 39.7 Å². The molecule has 1 aromatic heterocycles. The van der Waals surface area contributed by atoms with Crippen LogP contribution in [0.5, 0.6) is 0 Å². The van der Waals surface area contributed by atoms with E-state index in [2.05, 4.69) is 32.7 Å². The van der Waals surface area contributed by atoms with Gasteiger partial charge in [0.1, 0.15) is 0 Å². The first-order valence-electron chi connectivity index (χ1n) is 6.98. The Morgan fingerprint density at radius 3 is 2.81 bits per heavy atom. The van der Waals surface area contributed by atoms with Crippen molar-refractivity contribution in [3.8, 4) is 0 Å². The molecule has 7 nitrogen and oxygen atoms in total. The smallest absolute Gasteiger partial charge is 0.226 e. The Hall–Kier alpha value is -0.900. The summed E-state index contributed by atoms with van der Waals surface area (Å²) in [4.78, 5) is 8.67.